The fourth-order valence-electron chi connectivity index (χ4n) is 4.83. The molecule has 0 aliphatic carbocycles. The van der Waals surface area contributed by atoms with E-state index in [0.29, 0.717) is 23.5 Å². The van der Waals surface area contributed by atoms with E-state index in [0.717, 1.165) is 16.5 Å². The lowest BCUT2D eigenvalue weighted by Gasteiger charge is -2.27. The summed E-state index contributed by atoms with van der Waals surface area (Å²) in [5.41, 5.74) is 2.59. The van der Waals surface area contributed by atoms with Crippen molar-refractivity contribution in [3.8, 4) is 11.5 Å². The fourth-order valence-corrected chi connectivity index (χ4v) is 4.83. The van der Waals surface area contributed by atoms with Crippen molar-refractivity contribution in [2.45, 2.75) is 12.5 Å². The number of hydrogen-bond donors (Lipinski definition) is 2. The summed E-state index contributed by atoms with van der Waals surface area (Å²) >= 11 is 0. The van der Waals surface area contributed by atoms with Gasteiger partial charge in [0.15, 0.2) is 0 Å². The van der Waals surface area contributed by atoms with Gasteiger partial charge in [-0.05, 0) is 60.5 Å². The Morgan fingerprint density at radius 1 is 1.03 bits per heavy atom. The summed E-state index contributed by atoms with van der Waals surface area (Å²) in [7, 11) is 3.00. The van der Waals surface area contributed by atoms with Crippen molar-refractivity contribution < 1.29 is 28.6 Å². The standard InChI is InChI=1S/C29H25FN2O5/c1-36-20-11-12-24(37-2)22(15-20)26-25(27(33)17-7-9-19(30)10-8-17)28(34)29(35)32(26)14-13-18-16-31-23-6-4-3-5-21(18)23/h3-12,15-16,26,31,33H,13-14H2,1-2H3. The number of ether oxygens (including phenoxy) is 2. The van der Waals surface area contributed by atoms with Gasteiger partial charge in [0.05, 0.1) is 25.8 Å². The lowest BCUT2D eigenvalue weighted by Crippen LogP contribution is -2.31. The number of methoxy groups -OCH3 is 2. The largest absolute Gasteiger partial charge is 0.507 e. The number of nitrogens with zero attached hydrogens (tertiary/aromatic N) is 1. The number of aliphatic hydroxyl groups is 1. The van der Waals surface area contributed by atoms with Crippen LogP contribution in [0, 0.1) is 5.82 Å². The van der Waals surface area contributed by atoms with Crippen LogP contribution in [0.15, 0.2) is 78.5 Å². The van der Waals surface area contributed by atoms with E-state index < -0.39 is 23.5 Å². The number of nitrogens with one attached hydrogen (secondary N) is 1. The number of likely N-dealkylation sites (tertiary alicyclic amines) is 1. The van der Waals surface area contributed by atoms with Crippen LogP contribution in [0.1, 0.15) is 22.7 Å². The Kier molecular flexibility index (Phi) is 6.40. The SMILES string of the molecule is COc1ccc(OC)c(C2C(=C(O)c3ccc(F)cc3)C(=O)C(=O)N2CCc2c[nH]c3ccccc23)c1. The Morgan fingerprint density at radius 2 is 1.78 bits per heavy atom. The maximum atomic E-state index is 13.5. The van der Waals surface area contributed by atoms with E-state index in [-0.39, 0.29) is 23.4 Å². The minimum Gasteiger partial charge on any atom is -0.507 e. The van der Waals surface area contributed by atoms with Crippen LogP contribution in [0.4, 0.5) is 4.39 Å². The van der Waals surface area contributed by atoms with E-state index >= 15 is 0 Å². The molecule has 1 saturated heterocycles. The minimum atomic E-state index is -0.944. The number of halogens is 1. The molecule has 0 radical (unpaired) electrons. The average molecular weight is 501 g/mol. The van der Waals surface area contributed by atoms with E-state index in [1.54, 1.807) is 18.2 Å². The van der Waals surface area contributed by atoms with E-state index in [9.17, 15) is 19.1 Å². The fraction of sp³-hybridized carbons (Fsp3) is 0.172. The second kappa shape index (κ2) is 9.81. The highest BCUT2D eigenvalue weighted by Crippen LogP contribution is 2.44. The number of amides is 1. The van der Waals surface area contributed by atoms with Crippen molar-refractivity contribution in [3.05, 3.63) is 101 Å². The smallest absolute Gasteiger partial charge is 0.295 e. The van der Waals surface area contributed by atoms with Crippen molar-refractivity contribution in [3.63, 3.8) is 0 Å². The molecule has 37 heavy (non-hydrogen) atoms. The predicted octanol–water partition coefficient (Wildman–Crippen LogP) is 4.99. The molecule has 1 atom stereocenters. The summed E-state index contributed by atoms with van der Waals surface area (Å²) in [6.07, 6.45) is 2.36. The van der Waals surface area contributed by atoms with Gasteiger partial charge >= 0.3 is 0 Å². The van der Waals surface area contributed by atoms with Crippen LogP contribution in [0.25, 0.3) is 16.7 Å². The zero-order valence-electron chi connectivity index (χ0n) is 20.3. The first-order valence-electron chi connectivity index (χ1n) is 11.7. The van der Waals surface area contributed by atoms with Gasteiger partial charge in [-0.1, -0.05) is 18.2 Å². The molecule has 5 rings (SSSR count). The van der Waals surface area contributed by atoms with Gasteiger partial charge in [0.1, 0.15) is 23.1 Å². The van der Waals surface area contributed by atoms with Gasteiger partial charge < -0.3 is 24.5 Å². The summed E-state index contributed by atoms with van der Waals surface area (Å²) in [4.78, 5) is 31.4. The number of aromatic nitrogens is 1. The molecule has 0 spiro atoms. The molecule has 0 saturated carbocycles. The molecule has 1 amide bonds. The van der Waals surface area contributed by atoms with Gasteiger partial charge in [-0.15, -0.1) is 0 Å². The molecule has 3 aromatic carbocycles. The summed E-state index contributed by atoms with van der Waals surface area (Å²) in [6.45, 7) is 0.206. The number of carbonyl (C=O) groups is 2. The second-order valence-corrected chi connectivity index (χ2v) is 8.72. The molecule has 8 heteroatoms. The molecule has 1 unspecified atom stereocenters. The summed E-state index contributed by atoms with van der Waals surface area (Å²) in [5, 5.41) is 12.2. The zero-order valence-corrected chi connectivity index (χ0v) is 20.3. The molecule has 4 aromatic rings. The Labute approximate surface area is 212 Å². The maximum Gasteiger partial charge on any atom is 0.295 e. The first kappa shape index (κ1) is 24.1. The van der Waals surface area contributed by atoms with E-state index in [4.69, 9.17) is 9.47 Å². The normalized spacial score (nSPS) is 16.9. The highest BCUT2D eigenvalue weighted by molar-refractivity contribution is 6.46. The molecule has 1 aromatic heterocycles. The van der Waals surface area contributed by atoms with Crippen molar-refractivity contribution in [2.24, 2.45) is 0 Å². The summed E-state index contributed by atoms with van der Waals surface area (Å²) < 4.78 is 24.5. The number of benzene rings is 3. The first-order chi connectivity index (χ1) is 17.9. The number of hydrogen-bond acceptors (Lipinski definition) is 5. The van der Waals surface area contributed by atoms with Gasteiger partial charge in [0, 0.05) is 34.8 Å². The number of Topliss-reactive ketones (excluding diaryl/α,β-unsaturated/α-hetero) is 1. The molecule has 0 bridgehead atoms. The number of carbonyl (C=O) groups excluding carboxylic acids is 2. The van der Waals surface area contributed by atoms with Gasteiger partial charge in [0.25, 0.3) is 11.7 Å². The van der Waals surface area contributed by atoms with Gasteiger partial charge in [-0.25, -0.2) is 4.39 Å². The third kappa shape index (κ3) is 4.31. The van der Waals surface area contributed by atoms with Gasteiger partial charge in [0.2, 0.25) is 0 Å². The van der Waals surface area contributed by atoms with Crippen LogP contribution in [0.5, 0.6) is 11.5 Å². The zero-order chi connectivity index (χ0) is 26.1. The molecule has 1 aliphatic heterocycles. The average Bonchev–Trinajstić information content (AvgIpc) is 3.45. The van der Waals surface area contributed by atoms with Crippen molar-refractivity contribution >= 4 is 28.4 Å². The molecule has 1 aliphatic rings. The lowest BCUT2D eigenvalue weighted by molar-refractivity contribution is -0.139. The number of rotatable bonds is 7. The molecular formula is C29H25FN2O5. The van der Waals surface area contributed by atoms with Gasteiger partial charge in [-0.3, -0.25) is 9.59 Å². The lowest BCUT2D eigenvalue weighted by atomic mass is 9.94. The van der Waals surface area contributed by atoms with Crippen molar-refractivity contribution in [1.82, 2.24) is 9.88 Å². The monoisotopic (exact) mass is 500 g/mol. The van der Waals surface area contributed by atoms with Crippen molar-refractivity contribution in [1.29, 1.82) is 0 Å². The molecule has 1 fully saturated rings. The van der Waals surface area contributed by atoms with Crippen LogP contribution in [0.2, 0.25) is 0 Å². The number of aromatic amines is 1. The Bertz CT molecular complexity index is 1520. The molecule has 7 nitrogen and oxygen atoms in total. The minimum absolute atomic E-state index is 0.0953. The van der Waals surface area contributed by atoms with Crippen molar-refractivity contribution in [2.75, 3.05) is 20.8 Å². The number of para-hydroxylation sites is 1. The molecular weight excluding hydrogens is 475 g/mol. The number of aliphatic hydroxyl groups excluding tert-OH is 1. The summed E-state index contributed by atoms with van der Waals surface area (Å²) in [6, 6.07) is 17.1. The highest BCUT2D eigenvalue weighted by atomic mass is 19.1. The third-order valence-corrected chi connectivity index (χ3v) is 6.69. The molecule has 2 N–H and O–H groups in total. The van der Waals surface area contributed by atoms with Crippen LogP contribution >= 0.6 is 0 Å². The van der Waals surface area contributed by atoms with E-state index in [1.807, 2.05) is 30.5 Å². The van der Waals surface area contributed by atoms with Crippen LogP contribution in [0.3, 0.4) is 0 Å². The van der Waals surface area contributed by atoms with Crippen LogP contribution in [-0.2, 0) is 16.0 Å². The topological polar surface area (TPSA) is 91.9 Å². The predicted molar refractivity (Wildman–Crippen MR) is 137 cm³/mol. The summed E-state index contributed by atoms with van der Waals surface area (Å²) in [5.74, 6) is -1.51. The molecule has 188 valence electrons. The second-order valence-electron chi connectivity index (χ2n) is 8.72. The quantitative estimate of drug-likeness (QED) is 0.212. The van der Waals surface area contributed by atoms with Crippen LogP contribution < -0.4 is 9.47 Å². The van der Waals surface area contributed by atoms with E-state index in [2.05, 4.69) is 4.98 Å². The number of ketones is 1. The maximum absolute atomic E-state index is 13.5. The Morgan fingerprint density at radius 3 is 2.51 bits per heavy atom. The van der Waals surface area contributed by atoms with Gasteiger partial charge in [-0.2, -0.15) is 0 Å². The number of fused-ring (bicyclic) bond motifs is 1. The molecule has 2 heterocycles. The van der Waals surface area contributed by atoms with Crippen LogP contribution in [-0.4, -0.2) is 47.4 Å². The number of H-pyrrole nitrogens is 1. The third-order valence-electron chi connectivity index (χ3n) is 6.69. The van der Waals surface area contributed by atoms with E-state index in [1.165, 1.54) is 43.4 Å². The Hall–Kier alpha value is -4.59. The first-order valence-corrected chi connectivity index (χ1v) is 11.7. The highest BCUT2D eigenvalue weighted by Gasteiger charge is 2.47. The Balaban J connectivity index is 1.63.